The number of hydrogen-bond acceptors (Lipinski definition) is 1. The molecule has 0 aliphatic carbocycles. The average molecular weight is 152 g/mol. The van der Waals surface area contributed by atoms with Gasteiger partial charge in [0.2, 0.25) is 0 Å². The molecule has 1 heterocycles. The van der Waals surface area contributed by atoms with Gasteiger partial charge in [-0.25, -0.2) is 0 Å². The summed E-state index contributed by atoms with van der Waals surface area (Å²) in [6.07, 6.45) is 12.7. The summed E-state index contributed by atoms with van der Waals surface area (Å²) < 4.78 is 5.02. The van der Waals surface area contributed by atoms with Crippen LogP contribution in [0.5, 0.6) is 0 Å². The molecule has 0 aromatic heterocycles. The summed E-state index contributed by atoms with van der Waals surface area (Å²) >= 11 is 0. The third kappa shape index (κ3) is 4.79. The van der Waals surface area contributed by atoms with Crippen molar-refractivity contribution in [3.8, 4) is 0 Å². The van der Waals surface area contributed by atoms with Crippen LogP contribution in [0.15, 0.2) is 24.3 Å². The van der Waals surface area contributed by atoms with E-state index in [4.69, 9.17) is 4.74 Å². The highest BCUT2D eigenvalue weighted by molar-refractivity contribution is 5.07. The molecule has 1 fully saturated rings. The van der Waals surface area contributed by atoms with Gasteiger partial charge >= 0.3 is 0 Å². The van der Waals surface area contributed by atoms with Crippen LogP contribution < -0.4 is 0 Å². The summed E-state index contributed by atoms with van der Waals surface area (Å²) in [4.78, 5) is 0. The summed E-state index contributed by atoms with van der Waals surface area (Å²) in [5.41, 5.74) is 0. The fraction of sp³-hybridized carbons (Fsp3) is 0.600. The van der Waals surface area contributed by atoms with Gasteiger partial charge in [-0.3, -0.25) is 0 Å². The van der Waals surface area contributed by atoms with E-state index in [1.165, 1.54) is 19.3 Å². The molecule has 62 valence electrons. The molecule has 0 aromatic carbocycles. The molecular formula is C10H16O. The minimum atomic E-state index is 0.422. The van der Waals surface area contributed by atoms with Crippen LogP contribution in [-0.2, 0) is 4.74 Å². The van der Waals surface area contributed by atoms with Crippen LogP contribution in [0.1, 0.15) is 26.2 Å². The fourth-order valence-corrected chi connectivity index (χ4v) is 0.852. The van der Waals surface area contributed by atoms with E-state index < -0.39 is 0 Å². The van der Waals surface area contributed by atoms with Gasteiger partial charge in [-0.2, -0.15) is 0 Å². The van der Waals surface area contributed by atoms with Crippen molar-refractivity contribution in [1.82, 2.24) is 0 Å². The molecule has 1 aliphatic heterocycles. The first-order chi connectivity index (χ1) is 5.43. The quantitative estimate of drug-likeness (QED) is 0.335. The van der Waals surface area contributed by atoms with Crippen molar-refractivity contribution in [1.29, 1.82) is 0 Å². The summed E-state index contributed by atoms with van der Waals surface area (Å²) in [5.74, 6) is 0. The van der Waals surface area contributed by atoms with Gasteiger partial charge in [0.05, 0.1) is 12.7 Å². The lowest BCUT2D eigenvalue weighted by Gasteiger charge is -1.85. The second-order valence-corrected chi connectivity index (χ2v) is 2.83. The van der Waals surface area contributed by atoms with Gasteiger partial charge < -0.3 is 4.74 Å². The molecule has 0 radical (unpaired) electrons. The molecule has 0 saturated carbocycles. The zero-order chi connectivity index (χ0) is 7.94. The summed E-state index contributed by atoms with van der Waals surface area (Å²) in [5, 5.41) is 0. The van der Waals surface area contributed by atoms with E-state index in [2.05, 4.69) is 31.2 Å². The highest BCUT2D eigenvalue weighted by Gasteiger charge is 2.17. The van der Waals surface area contributed by atoms with Crippen LogP contribution in [0.2, 0.25) is 0 Å². The maximum atomic E-state index is 5.02. The number of ether oxygens (including phenoxy) is 1. The lowest BCUT2D eigenvalue weighted by atomic mass is 10.2. The standard InChI is InChI=1S/C10H16O/c1-2-3-4-5-6-7-8-10-9-11-10/h5-8,10H,2-4,9H2,1H3. The van der Waals surface area contributed by atoms with E-state index in [0.717, 1.165) is 6.61 Å². The molecule has 1 rings (SSSR count). The minimum absolute atomic E-state index is 0.422. The Kier molecular flexibility index (Phi) is 3.99. The predicted octanol–water partition coefficient (Wildman–Crippen LogP) is 2.69. The Balaban J connectivity index is 1.95. The number of unbranched alkanes of at least 4 members (excludes halogenated alkanes) is 2. The number of epoxide rings is 1. The third-order valence-corrected chi connectivity index (χ3v) is 1.66. The lowest BCUT2D eigenvalue weighted by Crippen LogP contribution is -1.71. The normalized spacial score (nSPS) is 23.5. The molecular weight excluding hydrogens is 136 g/mol. The molecule has 11 heavy (non-hydrogen) atoms. The first-order valence-electron chi connectivity index (χ1n) is 4.38. The number of hydrogen-bond donors (Lipinski definition) is 0. The summed E-state index contributed by atoms with van der Waals surface area (Å²) in [7, 11) is 0. The van der Waals surface area contributed by atoms with Gasteiger partial charge in [-0.1, -0.05) is 44.1 Å². The Morgan fingerprint density at radius 1 is 1.45 bits per heavy atom. The van der Waals surface area contributed by atoms with Gasteiger partial charge in [0.25, 0.3) is 0 Å². The fourth-order valence-electron chi connectivity index (χ4n) is 0.852. The van der Waals surface area contributed by atoms with Crippen molar-refractivity contribution in [2.24, 2.45) is 0 Å². The van der Waals surface area contributed by atoms with E-state index in [9.17, 15) is 0 Å². The van der Waals surface area contributed by atoms with Gasteiger partial charge in [0.15, 0.2) is 0 Å². The maximum absolute atomic E-state index is 5.02. The van der Waals surface area contributed by atoms with Crippen LogP contribution in [-0.4, -0.2) is 12.7 Å². The zero-order valence-corrected chi connectivity index (χ0v) is 7.12. The lowest BCUT2D eigenvalue weighted by molar-refractivity contribution is 0.440. The van der Waals surface area contributed by atoms with Crippen molar-refractivity contribution >= 4 is 0 Å². The summed E-state index contributed by atoms with van der Waals surface area (Å²) in [6, 6.07) is 0. The van der Waals surface area contributed by atoms with Crippen molar-refractivity contribution in [3.05, 3.63) is 24.3 Å². The van der Waals surface area contributed by atoms with E-state index in [0.29, 0.717) is 6.10 Å². The topological polar surface area (TPSA) is 12.5 Å². The molecule has 1 aliphatic rings. The van der Waals surface area contributed by atoms with Crippen molar-refractivity contribution in [3.63, 3.8) is 0 Å². The molecule has 0 N–H and O–H groups in total. The van der Waals surface area contributed by atoms with E-state index >= 15 is 0 Å². The van der Waals surface area contributed by atoms with Gasteiger partial charge in [0, 0.05) is 0 Å². The van der Waals surface area contributed by atoms with Crippen LogP contribution in [0.25, 0.3) is 0 Å². The number of allylic oxidation sites excluding steroid dienone is 3. The Bertz CT molecular complexity index is 143. The Labute approximate surface area is 68.8 Å². The molecule has 1 atom stereocenters. The summed E-state index contributed by atoms with van der Waals surface area (Å²) in [6.45, 7) is 3.13. The third-order valence-electron chi connectivity index (χ3n) is 1.66. The maximum Gasteiger partial charge on any atom is 0.0994 e. The van der Waals surface area contributed by atoms with Crippen molar-refractivity contribution in [2.45, 2.75) is 32.3 Å². The molecule has 1 unspecified atom stereocenters. The molecule has 0 bridgehead atoms. The largest absolute Gasteiger partial charge is 0.369 e. The molecule has 1 nitrogen and oxygen atoms in total. The van der Waals surface area contributed by atoms with Crippen LogP contribution in [0.3, 0.4) is 0 Å². The minimum Gasteiger partial charge on any atom is -0.369 e. The molecule has 1 heteroatoms. The SMILES string of the molecule is CCCCC=CC=CC1CO1. The predicted molar refractivity (Wildman–Crippen MR) is 47.5 cm³/mol. The van der Waals surface area contributed by atoms with Crippen molar-refractivity contribution < 1.29 is 4.74 Å². The van der Waals surface area contributed by atoms with E-state index in [1.807, 2.05) is 0 Å². The first-order valence-corrected chi connectivity index (χ1v) is 4.38. The highest BCUT2D eigenvalue weighted by atomic mass is 16.6. The van der Waals surface area contributed by atoms with Crippen LogP contribution >= 0.6 is 0 Å². The average Bonchev–Trinajstić information content (AvgIpc) is 2.80. The van der Waals surface area contributed by atoms with Gasteiger partial charge in [-0.05, 0) is 6.42 Å². The molecule has 1 saturated heterocycles. The Morgan fingerprint density at radius 2 is 2.27 bits per heavy atom. The van der Waals surface area contributed by atoms with Gasteiger partial charge in [0.1, 0.15) is 0 Å². The molecule has 0 amide bonds. The second kappa shape index (κ2) is 5.14. The Morgan fingerprint density at radius 3 is 2.91 bits per heavy atom. The van der Waals surface area contributed by atoms with Crippen molar-refractivity contribution in [2.75, 3.05) is 6.61 Å². The smallest absolute Gasteiger partial charge is 0.0994 e. The van der Waals surface area contributed by atoms with Crippen LogP contribution in [0, 0.1) is 0 Å². The highest BCUT2D eigenvalue weighted by Crippen LogP contribution is 2.09. The first kappa shape index (κ1) is 8.54. The zero-order valence-electron chi connectivity index (χ0n) is 7.12. The van der Waals surface area contributed by atoms with Gasteiger partial charge in [-0.15, -0.1) is 0 Å². The monoisotopic (exact) mass is 152 g/mol. The van der Waals surface area contributed by atoms with E-state index in [-0.39, 0.29) is 0 Å². The molecule has 0 spiro atoms. The molecule has 0 aromatic rings. The van der Waals surface area contributed by atoms with Crippen LogP contribution in [0.4, 0.5) is 0 Å². The number of rotatable bonds is 5. The van der Waals surface area contributed by atoms with E-state index in [1.54, 1.807) is 0 Å². The Hall–Kier alpha value is -0.560. The second-order valence-electron chi connectivity index (χ2n) is 2.83.